The molecule has 0 unspecified atom stereocenters. The molecular formula is C15H21N3O6. The van der Waals surface area contributed by atoms with Gasteiger partial charge in [-0.25, -0.2) is 0 Å². The molecule has 0 radical (unpaired) electrons. The number of hydrogen-bond donors (Lipinski definition) is 6. The van der Waals surface area contributed by atoms with Crippen LogP contribution < -0.4 is 11.1 Å². The van der Waals surface area contributed by atoms with E-state index in [1.54, 1.807) is 12.1 Å². The number of aliphatic carboxylic acids is 1. The molecule has 7 N–H and O–H groups in total. The van der Waals surface area contributed by atoms with Crippen molar-refractivity contribution in [2.24, 2.45) is 5.73 Å². The van der Waals surface area contributed by atoms with Crippen LogP contribution >= 0.6 is 0 Å². The predicted octanol–water partition coefficient (Wildman–Crippen LogP) is -1.83. The van der Waals surface area contributed by atoms with Gasteiger partial charge >= 0.3 is 5.97 Å². The monoisotopic (exact) mass is 339 g/mol. The van der Waals surface area contributed by atoms with Crippen LogP contribution in [-0.4, -0.2) is 67.8 Å². The van der Waals surface area contributed by atoms with Crippen molar-refractivity contribution in [3.63, 3.8) is 0 Å². The number of nitrogens with zero attached hydrogens (tertiary/aromatic N) is 1. The Morgan fingerprint density at radius 1 is 1.42 bits per heavy atom. The first kappa shape index (κ1) is 18.1. The van der Waals surface area contributed by atoms with E-state index in [-0.39, 0.29) is 12.2 Å². The number of carboxylic acid groups (broad SMARTS) is 1. The summed E-state index contributed by atoms with van der Waals surface area (Å²) in [6.07, 6.45) is -1.02. The molecule has 0 aromatic heterocycles. The number of carbonyl (C=O) groups is 2. The zero-order valence-corrected chi connectivity index (χ0v) is 13.1. The number of phenolic OH excluding ortho intramolecular Hbond substituents is 1. The standard InChI is InChI=1S/C15H21N3O6/c1-8(19)13(16)15(24)17-11(14(23)18(15)7-12(21)22)6-9-2-4-10(20)5-3-9/h2-5,8,11,13,17,19-20,24H,6-7,16H2,1H3,(H,21,22)/t8-,11+,13+,15-/m1/s1. The molecule has 1 aliphatic heterocycles. The number of aromatic hydroxyl groups is 1. The van der Waals surface area contributed by atoms with Crippen molar-refractivity contribution in [2.45, 2.75) is 37.4 Å². The Bertz CT molecular complexity index is 620. The molecule has 1 fully saturated rings. The molecule has 24 heavy (non-hydrogen) atoms. The van der Waals surface area contributed by atoms with Gasteiger partial charge in [-0.2, -0.15) is 0 Å². The number of amides is 1. The van der Waals surface area contributed by atoms with Crippen molar-refractivity contribution >= 4 is 11.9 Å². The molecule has 0 saturated carbocycles. The van der Waals surface area contributed by atoms with Crippen molar-refractivity contribution in [3.8, 4) is 5.75 Å². The van der Waals surface area contributed by atoms with Crippen LogP contribution in [0.25, 0.3) is 0 Å². The minimum absolute atomic E-state index is 0.0737. The Labute approximate surface area is 138 Å². The van der Waals surface area contributed by atoms with Gasteiger partial charge in [-0.1, -0.05) is 12.1 Å². The van der Waals surface area contributed by atoms with E-state index in [4.69, 9.17) is 10.8 Å². The number of nitrogens with two attached hydrogens (primary N) is 1. The molecule has 1 aromatic rings. The lowest BCUT2D eigenvalue weighted by Crippen LogP contribution is -2.67. The third-order valence-electron chi connectivity index (χ3n) is 4.02. The zero-order valence-electron chi connectivity index (χ0n) is 13.1. The summed E-state index contributed by atoms with van der Waals surface area (Å²) in [5.41, 5.74) is 6.48. The highest BCUT2D eigenvalue weighted by molar-refractivity contribution is 5.88. The summed E-state index contributed by atoms with van der Waals surface area (Å²) < 4.78 is 0. The Kier molecular flexibility index (Phi) is 5.09. The van der Waals surface area contributed by atoms with Gasteiger partial charge in [0.05, 0.1) is 18.2 Å². The molecule has 0 bridgehead atoms. The second kappa shape index (κ2) is 6.73. The number of carbonyl (C=O) groups excluding carboxylic acids is 1. The Morgan fingerprint density at radius 3 is 2.50 bits per heavy atom. The van der Waals surface area contributed by atoms with E-state index >= 15 is 0 Å². The highest BCUT2D eigenvalue weighted by atomic mass is 16.4. The average Bonchev–Trinajstić information content (AvgIpc) is 2.74. The van der Waals surface area contributed by atoms with Gasteiger partial charge in [0.15, 0.2) is 0 Å². The highest BCUT2D eigenvalue weighted by Gasteiger charge is 2.54. The SMILES string of the molecule is C[C@@H](O)[C@H](N)[C@@]1(O)N[C@@H](Cc2ccc(O)cc2)C(=O)N1CC(=O)O. The maximum absolute atomic E-state index is 12.5. The molecule has 2 rings (SSSR count). The normalized spacial score (nSPS) is 26.4. The summed E-state index contributed by atoms with van der Waals surface area (Å²) in [5, 5.41) is 41.3. The van der Waals surface area contributed by atoms with Gasteiger partial charge in [-0.3, -0.25) is 19.8 Å². The minimum Gasteiger partial charge on any atom is -0.508 e. The molecular weight excluding hydrogens is 318 g/mol. The number of aliphatic hydroxyl groups excluding tert-OH is 1. The van der Waals surface area contributed by atoms with E-state index in [1.165, 1.54) is 19.1 Å². The van der Waals surface area contributed by atoms with Crippen LogP contribution in [0.3, 0.4) is 0 Å². The van der Waals surface area contributed by atoms with Crippen molar-refractivity contribution in [1.82, 2.24) is 10.2 Å². The molecule has 1 aliphatic rings. The van der Waals surface area contributed by atoms with Gasteiger partial charge in [-0.15, -0.1) is 0 Å². The number of hydrogen-bond acceptors (Lipinski definition) is 7. The lowest BCUT2D eigenvalue weighted by molar-refractivity contribution is -0.169. The molecule has 1 heterocycles. The average molecular weight is 339 g/mol. The lowest BCUT2D eigenvalue weighted by Gasteiger charge is -2.38. The number of nitrogens with one attached hydrogen (secondary N) is 1. The summed E-state index contributed by atoms with van der Waals surface area (Å²) in [7, 11) is 0. The van der Waals surface area contributed by atoms with E-state index in [0.717, 1.165) is 4.90 Å². The first-order chi connectivity index (χ1) is 11.1. The summed E-state index contributed by atoms with van der Waals surface area (Å²) in [6.45, 7) is 0.579. The van der Waals surface area contributed by atoms with Crippen LogP contribution in [0.4, 0.5) is 0 Å². The second-order valence-corrected chi connectivity index (χ2v) is 5.88. The number of phenols is 1. The maximum atomic E-state index is 12.5. The van der Waals surface area contributed by atoms with Gasteiger partial charge in [0, 0.05) is 0 Å². The number of aliphatic hydroxyl groups is 2. The van der Waals surface area contributed by atoms with Crippen LogP contribution in [0.5, 0.6) is 5.75 Å². The fourth-order valence-electron chi connectivity index (χ4n) is 2.70. The molecule has 0 aliphatic carbocycles. The smallest absolute Gasteiger partial charge is 0.323 e. The zero-order chi connectivity index (χ0) is 18.1. The molecule has 1 aromatic carbocycles. The maximum Gasteiger partial charge on any atom is 0.323 e. The highest BCUT2D eigenvalue weighted by Crippen LogP contribution is 2.25. The van der Waals surface area contributed by atoms with Crippen LogP contribution in [0.15, 0.2) is 24.3 Å². The largest absolute Gasteiger partial charge is 0.508 e. The van der Waals surface area contributed by atoms with Crippen LogP contribution in [0, 0.1) is 0 Å². The van der Waals surface area contributed by atoms with E-state index in [9.17, 15) is 24.9 Å². The van der Waals surface area contributed by atoms with E-state index < -0.39 is 42.5 Å². The summed E-state index contributed by atoms with van der Waals surface area (Å²) in [5.74, 6) is -4.05. The van der Waals surface area contributed by atoms with E-state index in [2.05, 4.69) is 5.32 Å². The van der Waals surface area contributed by atoms with Crippen molar-refractivity contribution < 1.29 is 30.0 Å². The molecule has 132 valence electrons. The van der Waals surface area contributed by atoms with Gasteiger partial charge in [0.1, 0.15) is 12.3 Å². The van der Waals surface area contributed by atoms with Gasteiger partial charge in [-0.05, 0) is 31.0 Å². The van der Waals surface area contributed by atoms with Crippen LogP contribution in [-0.2, 0) is 16.0 Å². The number of benzene rings is 1. The predicted molar refractivity (Wildman–Crippen MR) is 82.7 cm³/mol. The summed E-state index contributed by atoms with van der Waals surface area (Å²) >= 11 is 0. The molecule has 1 saturated heterocycles. The lowest BCUT2D eigenvalue weighted by atomic mass is 10.1. The van der Waals surface area contributed by atoms with Crippen LogP contribution in [0.1, 0.15) is 12.5 Å². The summed E-state index contributed by atoms with van der Waals surface area (Å²) in [4.78, 5) is 24.2. The van der Waals surface area contributed by atoms with Gasteiger partial charge < -0.3 is 26.2 Å². The van der Waals surface area contributed by atoms with Crippen molar-refractivity contribution in [1.29, 1.82) is 0 Å². The molecule has 9 nitrogen and oxygen atoms in total. The van der Waals surface area contributed by atoms with Gasteiger partial charge in [0.25, 0.3) is 0 Å². The first-order valence-electron chi connectivity index (χ1n) is 7.40. The molecule has 9 heteroatoms. The topological polar surface area (TPSA) is 156 Å². The van der Waals surface area contributed by atoms with E-state index in [1.807, 2.05) is 0 Å². The van der Waals surface area contributed by atoms with Gasteiger partial charge in [0.2, 0.25) is 11.8 Å². The first-order valence-corrected chi connectivity index (χ1v) is 7.40. The summed E-state index contributed by atoms with van der Waals surface area (Å²) in [6, 6.07) is 3.92. The Balaban J connectivity index is 2.27. The van der Waals surface area contributed by atoms with Crippen LogP contribution in [0.2, 0.25) is 0 Å². The third kappa shape index (κ3) is 3.49. The molecule has 0 spiro atoms. The Morgan fingerprint density at radius 2 is 2.00 bits per heavy atom. The molecule has 4 atom stereocenters. The number of rotatable bonds is 6. The third-order valence-corrected chi connectivity index (χ3v) is 4.02. The fourth-order valence-corrected chi connectivity index (χ4v) is 2.70. The Hall–Kier alpha value is -2.20. The second-order valence-electron chi connectivity index (χ2n) is 5.88. The quantitative estimate of drug-likeness (QED) is 0.353. The molecule has 1 amide bonds. The minimum atomic E-state index is -2.18. The van der Waals surface area contributed by atoms with Crippen molar-refractivity contribution in [2.75, 3.05) is 6.54 Å². The van der Waals surface area contributed by atoms with E-state index in [0.29, 0.717) is 5.56 Å². The number of carboxylic acids is 1. The fraction of sp³-hybridized carbons (Fsp3) is 0.467. The van der Waals surface area contributed by atoms with Crippen molar-refractivity contribution in [3.05, 3.63) is 29.8 Å².